The number of methoxy groups -OCH3 is 1. The van der Waals surface area contributed by atoms with E-state index in [1.165, 1.54) is 19.6 Å². The van der Waals surface area contributed by atoms with E-state index in [-0.39, 0.29) is 17.3 Å². The fourth-order valence-corrected chi connectivity index (χ4v) is 3.57. The van der Waals surface area contributed by atoms with Crippen molar-refractivity contribution in [2.24, 2.45) is 0 Å². The maximum atomic E-state index is 12.4. The van der Waals surface area contributed by atoms with Gasteiger partial charge in [-0.05, 0) is 40.8 Å². The monoisotopic (exact) mass is 419 g/mol. The summed E-state index contributed by atoms with van der Waals surface area (Å²) in [6.07, 6.45) is 0.739. The maximum Gasteiger partial charge on any atom is 0.353 e. The van der Waals surface area contributed by atoms with Crippen molar-refractivity contribution in [2.45, 2.75) is 19.9 Å². The number of nitrogens with one attached hydrogen (secondary N) is 2. The number of benzene rings is 2. The topological polar surface area (TPSA) is 87.7 Å². The van der Waals surface area contributed by atoms with E-state index in [2.05, 4.69) is 34.6 Å². The van der Waals surface area contributed by atoms with Gasteiger partial charge in [0.15, 0.2) is 0 Å². The smallest absolute Gasteiger partial charge is 0.353 e. The molecule has 2 aromatic rings. The van der Waals surface area contributed by atoms with Gasteiger partial charge in [0.2, 0.25) is 5.91 Å². The molecule has 0 aliphatic carbocycles. The van der Waals surface area contributed by atoms with Crippen LogP contribution in [0.1, 0.15) is 18.1 Å². The van der Waals surface area contributed by atoms with Crippen molar-refractivity contribution < 1.29 is 19.1 Å². The number of nitrogens with zero attached hydrogens (tertiary/aromatic N) is 1. The number of fused-ring (bicyclic) bond motifs is 1. The van der Waals surface area contributed by atoms with Crippen molar-refractivity contribution in [3.05, 3.63) is 78.1 Å². The van der Waals surface area contributed by atoms with Gasteiger partial charge in [-0.2, -0.15) is 0 Å². The SMILES string of the molecule is C=C(NC(=O)C(=C)N1CCc2c(cccc2-c2ccc(NC(C)=O)cc2)C1)C(=O)OC. The molecule has 31 heavy (non-hydrogen) atoms. The lowest BCUT2D eigenvalue weighted by atomic mass is 9.90. The number of hydrogen-bond donors (Lipinski definition) is 2. The minimum absolute atomic E-state index is 0.107. The minimum atomic E-state index is -0.695. The van der Waals surface area contributed by atoms with E-state index in [1.54, 1.807) is 0 Å². The van der Waals surface area contributed by atoms with Crippen LogP contribution in [-0.4, -0.2) is 36.3 Å². The van der Waals surface area contributed by atoms with Crippen molar-refractivity contribution in [2.75, 3.05) is 19.0 Å². The van der Waals surface area contributed by atoms with Crippen molar-refractivity contribution in [1.82, 2.24) is 10.2 Å². The summed E-state index contributed by atoms with van der Waals surface area (Å²) in [7, 11) is 1.22. The van der Waals surface area contributed by atoms with E-state index in [4.69, 9.17) is 0 Å². The predicted molar refractivity (Wildman–Crippen MR) is 119 cm³/mol. The molecular weight excluding hydrogens is 394 g/mol. The zero-order valence-corrected chi connectivity index (χ0v) is 17.7. The number of carbonyl (C=O) groups excluding carboxylic acids is 3. The molecule has 0 saturated carbocycles. The minimum Gasteiger partial charge on any atom is -0.464 e. The fraction of sp³-hybridized carbons (Fsp3) is 0.208. The molecule has 0 aromatic heterocycles. The highest BCUT2D eigenvalue weighted by Crippen LogP contribution is 2.32. The van der Waals surface area contributed by atoms with Gasteiger partial charge in [-0.1, -0.05) is 43.5 Å². The fourth-order valence-electron chi connectivity index (χ4n) is 3.57. The maximum absolute atomic E-state index is 12.4. The first-order chi connectivity index (χ1) is 14.8. The summed E-state index contributed by atoms with van der Waals surface area (Å²) in [5, 5.41) is 5.20. The zero-order chi connectivity index (χ0) is 22.5. The summed E-state index contributed by atoms with van der Waals surface area (Å²) < 4.78 is 4.55. The first-order valence-electron chi connectivity index (χ1n) is 9.81. The van der Waals surface area contributed by atoms with Crippen LogP contribution >= 0.6 is 0 Å². The number of esters is 1. The summed E-state index contributed by atoms with van der Waals surface area (Å²) in [4.78, 5) is 37.0. The third kappa shape index (κ3) is 5.01. The van der Waals surface area contributed by atoms with Gasteiger partial charge in [-0.25, -0.2) is 4.79 Å². The molecule has 3 rings (SSSR count). The molecule has 0 radical (unpaired) electrons. The molecule has 0 fully saturated rings. The summed E-state index contributed by atoms with van der Waals surface area (Å²) in [6.45, 7) is 10.0. The molecule has 0 unspecified atom stereocenters. The van der Waals surface area contributed by atoms with Crippen LogP contribution in [0.3, 0.4) is 0 Å². The average Bonchev–Trinajstić information content (AvgIpc) is 2.77. The van der Waals surface area contributed by atoms with Crippen LogP contribution in [0, 0.1) is 0 Å². The lowest BCUT2D eigenvalue weighted by molar-refractivity contribution is -0.137. The Balaban J connectivity index is 1.75. The van der Waals surface area contributed by atoms with E-state index in [0.717, 1.165) is 28.8 Å². The highest BCUT2D eigenvalue weighted by atomic mass is 16.5. The molecule has 2 N–H and O–H groups in total. The molecular formula is C24H25N3O4. The molecule has 1 heterocycles. The van der Waals surface area contributed by atoms with Gasteiger partial charge in [0.25, 0.3) is 5.91 Å². The van der Waals surface area contributed by atoms with Crippen LogP contribution in [0.2, 0.25) is 0 Å². The normalized spacial score (nSPS) is 12.4. The lowest BCUT2D eigenvalue weighted by Crippen LogP contribution is -2.38. The van der Waals surface area contributed by atoms with Crippen LogP contribution in [0.5, 0.6) is 0 Å². The Morgan fingerprint density at radius 2 is 1.77 bits per heavy atom. The summed E-state index contributed by atoms with van der Waals surface area (Å²) >= 11 is 0. The molecule has 2 amide bonds. The first-order valence-corrected chi connectivity index (χ1v) is 9.81. The molecule has 1 aliphatic rings. The van der Waals surface area contributed by atoms with E-state index in [0.29, 0.717) is 13.1 Å². The molecule has 160 valence electrons. The molecule has 7 heteroatoms. The Hall–Kier alpha value is -3.87. The summed E-state index contributed by atoms with van der Waals surface area (Å²) in [5.41, 5.74) is 5.40. The Bertz CT molecular complexity index is 1060. The van der Waals surface area contributed by atoms with E-state index >= 15 is 0 Å². The van der Waals surface area contributed by atoms with Crippen molar-refractivity contribution in [3.8, 4) is 11.1 Å². The summed E-state index contributed by atoms with van der Waals surface area (Å²) in [6, 6.07) is 13.8. The number of carbonyl (C=O) groups is 3. The predicted octanol–water partition coefficient (Wildman–Crippen LogP) is 2.99. The molecule has 7 nitrogen and oxygen atoms in total. The van der Waals surface area contributed by atoms with Crippen LogP contribution in [0.25, 0.3) is 11.1 Å². The standard InChI is InChI=1S/C24H25N3O4/c1-15(24(30)31-4)25-23(29)16(2)27-13-12-22-19(14-27)6-5-7-21(22)18-8-10-20(11-9-18)26-17(3)28/h5-11H,1-2,12-14H2,3-4H3,(H,25,29)(H,26,28). The van der Waals surface area contributed by atoms with E-state index in [9.17, 15) is 14.4 Å². The van der Waals surface area contributed by atoms with Gasteiger partial charge in [0.1, 0.15) is 5.70 Å². The average molecular weight is 419 g/mol. The third-order valence-electron chi connectivity index (χ3n) is 5.12. The number of ether oxygens (including phenoxy) is 1. The number of hydrogen-bond acceptors (Lipinski definition) is 5. The van der Waals surface area contributed by atoms with E-state index in [1.807, 2.05) is 41.3 Å². The van der Waals surface area contributed by atoms with Crippen LogP contribution in [0.4, 0.5) is 5.69 Å². The molecule has 1 aliphatic heterocycles. The number of amides is 2. The second-order valence-electron chi connectivity index (χ2n) is 7.24. The second-order valence-corrected chi connectivity index (χ2v) is 7.24. The quantitative estimate of drug-likeness (QED) is 0.555. The Kier molecular flexibility index (Phi) is 6.55. The van der Waals surface area contributed by atoms with Gasteiger partial charge in [-0.15, -0.1) is 0 Å². The zero-order valence-electron chi connectivity index (χ0n) is 17.7. The number of rotatable bonds is 6. The Morgan fingerprint density at radius 3 is 2.42 bits per heavy atom. The van der Waals surface area contributed by atoms with Gasteiger partial charge in [-0.3, -0.25) is 9.59 Å². The lowest BCUT2D eigenvalue weighted by Gasteiger charge is -2.32. The summed E-state index contributed by atoms with van der Waals surface area (Å²) in [5.74, 6) is -1.28. The van der Waals surface area contributed by atoms with Crippen LogP contribution < -0.4 is 10.6 Å². The Morgan fingerprint density at radius 1 is 1.06 bits per heavy atom. The molecule has 0 bridgehead atoms. The van der Waals surface area contributed by atoms with Gasteiger partial charge >= 0.3 is 5.97 Å². The molecule has 2 aromatic carbocycles. The Labute approximate surface area is 181 Å². The molecule has 0 saturated heterocycles. The highest BCUT2D eigenvalue weighted by molar-refractivity contribution is 5.99. The first kappa shape index (κ1) is 21.8. The van der Waals surface area contributed by atoms with Crippen molar-refractivity contribution in [3.63, 3.8) is 0 Å². The molecule has 0 atom stereocenters. The third-order valence-corrected chi connectivity index (χ3v) is 5.12. The van der Waals surface area contributed by atoms with E-state index < -0.39 is 11.9 Å². The van der Waals surface area contributed by atoms with Crippen LogP contribution in [-0.2, 0) is 32.1 Å². The van der Waals surface area contributed by atoms with Gasteiger partial charge < -0.3 is 20.3 Å². The van der Waals surface area contributed by atoms with Crippen molar-refractivity contribution >= 4 is 23.5 Å². The second kappa shape index (κ2) is 9.30. The van der Waals surface area contributed by atoms with Gasteiger partial charge in [0.05, 0.1) is 12.8 Å². The largest absolute Gasteiger partial charge is 0.464 e. The van der Waals surface area contributed by atoms with Gasteiger partial charge in [0, 0.05) is 25.7 Å². The number of anilines is 1. The van der Waals surface area contributed by atoms with Crippen molar-refractivity contribution in [1.29, 1.82) is 0 Å². The van der Waals surface area contributed by atoms with Crippen LogP contribution in [0.15, 0.2) is 67.0 Å². The highest BCUT2D eigenvalue weighted by Gasteiger charge is 2.24. The molecule has 0 spiro atoms.